The van der Waals surface area contributed by atoms with E-state index in [2.05, 4.69) is 14.9 Å². The first-order chi connectivity index (χ1) is 9.79. The van der Waals surface area contributed by atoms with E-state index in [1.165, 1.54) is 0 Å². The Morgan fingerprint density at radius 3 is 2.76 bits per heavy atom. The zero-order valence-corrected chi connectivity index (χ0v) is 11.5. The van der Waals surface area contributed by atoms with Crippen molar-refractivity contribution in [3.8, 4) is 0 Å². The van der Waals surface area contributed by atoms with Crippen LogP contribution in [0.4, 0.5) is 4.39 Å². The number of hydrogen-bond acceptors (Lipinski definition) is 6. The number of carbonyl (C=O) groups is 1. The Hall–Kier alpha value is -2.33. The van der Waals surface area contributed by atoms with Crippen LogP contribution >= 0.6 is 0 Å². The summed E-state index contributed by atoms with van der Waals surface area (Å²) in [5, 5.41) is 12.3. The fraction of sp³-hybridized carbons (Fsp3) is 0.182. The first-order valence-electron chi connectivity index (χ1n) is 5.61. The number of benzene rings is 1. The van der Waals surface area contributed by atoms with Crippen LogP contribution < -0.4 is 4.72 Å². The van der Waals surface area contributed by atoms with Gasteiger partial charge < -0.3 is 9.63 Å². The van der Waals surface area contributed by atoms with Gasteiger partial charge in [0, 0.05) is 0 Å². The van der Waals surface area contributed by atoms with Crippen LogP contribution in [0.3, 0.4) is 0 Å². The van der Waals surface area contributed by atoms with Gasteiger partial charge in [-0.25, -0.2) is 22.3 Å². The summed E-state index contributed by atoms with van der Waals surface area (Å²) >= 11 is 0. The van der Waals surface area contributed by atoms with Crippen molar-refractivity contribution < 1.29 is 27.2 Å². The van der Waals surface area contributed by atoms with Crippen molar-refractivity contribution in [2.45, 2.75) is 18.4 Å². The molecule has 8 nitrogen and oxygen atoms in total. The van der Waals surface area contributed by atoms with E-state index in [1.54, 1.807) is 6.92 Å². The summed E-state index contributed by atoms with van der Waals surface area (Å²) in [4.78, 5) is 13.8. The van der Waals surface area contributed by atoms with Crippen molar-refractivity contribution in [3.05, 3.63) is 41.3 Å². The molecule has 0 aliphatic heterocycles. The van der Waals surface area contributed by atoms with Gasteiger partial charge in [0.15, 0.2) is 5.82 Å². The lowest BCUT2D eigenvalue weighted by Gasteiger charge is -2.06. The predicted molar refractivity (Wildman–Crippen MR) is 66.4 cm³/mol. The van der Waals surface area contributed by atoms with Crippen molar-refractivity contribution in [3.63, 3.8) is 0 Å². The van der Waals surface area contributed by atoms with E-state index in [-0.39, 0.29) is 18.0 Å². The molecule has 0 radical (unpaired) electrons. The first kappa shape index (κ1) is 15.1. The molecule has 2 rings (SSSR count). The molecule has 0 aliphatic carbocycles. The van der Waals surface area contributed by atoms with E-state index in [0.717, 1.165) is 18.2 Å². The second kappa shape index (κ2) is 5.58. The number of carboxylic acids is 1. The van der Waals surface area contributed by atoms with E-state index in [4.69, 9.17) is 9.63 Å². The third kappa shape index (κ3) is 3.41. The van der Waals surface area contributed by atoms with Gasteiger partial charge in [-0.15, -0.1) is 0 Å². The molecule has 1 heterocycles. The predicted octanol–water partition coefficient (Wildman–Crippen LogP) is 0.694. The normalized spacial score (nSPS) is 11.5. The Kier molecular flexibility index (Phi) is 4.00. The van der Waals surface area contributed by atoms with Crippen molar-refractivity contribution >= 4 is 16.0 Å². The van der Waals surface area contributed by atoms with Gasteiger partial charge in [-0.05, 0) is 25.1 Å². The van der Waals surface area contributed by atoms with Crippen LogP contribution in [-0.4, -0.2) is 29.6 Å². The van der Waals surface area contributed by atoms with E-state index in [1.807, 2.05) is 0 Å². The summed E-state index contributed by atoms with van der Waals surface area (Å²) in [6, 6.07) is 2.48. The van der Waals surface area contributed by atoms with Crippen molar-refractivity contribution in [1.82, 2.24) is 14.9 Å². The maximum absolute atomic E-state index is 13.6. The Balaban J connectivity index is 2.26. The maximum atomic E-state index is 13.6. The number of aryl methyl sites for hydroxylation is 1. The van der Waals surface area contributed by atoms with Crippen LogP contribution in [0.1, 0.15) is 22.1 Å². The maximum Gasteiger partial charge on any atom is 0.335 e. The summed E-state index contributed by atoms with van der Waals surface area (Å²) in [6.45, 7) is 1.22. The van der Waals surface area contributed by atoms with Crippen molar-refractivity contribution in [2.75, 3.05) is 0 Å². The van der Waals surface area contributed by atoms with E-state index in [9.17, 15) is 17.6 Å². The molecule has 1 aromatic heterocycles. The SMILES string of the molecule is Cc1noc(CNS(=O)(=O)c2cc(C(=O)O)ccc2F)n1. The lowest BCUT2D eigenvalue weighted by atomic mass is 10.2. The van der Waals surface area contributed by atoms with E-state index >= 15 is 0 Å². The second-order valence-corrected chi connectivity index (χ2v) is 5.75. The molecule has 2 aromatic rings. The number of nitrogens with one attached hydrogen (secondary N) is 1. The molecule has 0 atom stereocenters. The van der Waals surface area contributed by atoms with Gasteiger partial charge in [-0.2, -0.15) is 4.98 Å². The lowest BCUT2D eigenvalue weighted by Crippen LogP contribution is -2.24. The van der Waals surface area contributed by atoms with E-state index in [0.29, 0.717) is 5.82 Å². The highest BCUT2D eigenvalue weighted by molar-refractivity contribution is 7.89. The molecule has 0 aliphatic rings. The zero-order chi connectivity index (χ0) is 15.6. The van der Waals surface area contributed by atoms with Gasteiger partial charge in [0.05, 0.1) is 12.1 Å². The van der Waals surface area contributed by atoms with Gasteiger partial charge in [0.2, 0.25) is 15.9 Å². The molecule has 0 amide bonds. The molecular formula is C11H10FN3O5S. The Labute approximate surface area is 118 Å². The van der Waals surface area contributed by atoms with Crippen molar-refractivity contribution in [2.24, 2.45) is 0 Å². The summed E-state index contributed by atoms with van der Waals surface area (Å²) in [5.74, 6) is -2.10. The van der Waals surface area contributed by atoms with Crippen LogP contribution in [-0.2, 0) is 16.6 Å². The number of rotatable bonds is 5. The average molecular weight is 315 g/mol. The second-order valence-electron chi connectivity index (χ2n) is 4.01. The number of halogens is 1. The first-order valence-corrected chi connectivity index (χ1v) is 7.09. The third-order valence-electron chi connectivity index (χ3n) is 2.45. The largest absolute Gasteiger partial charge is 0.478 e. The Morgan fingerprint density at radius 1 is 1.48 bits per heavy atom. The van der Waals surface area contributed by atoms with Crippen molar-refractivity contribution in [1.29, 1.82) is 0 Å². The minimum absolute atomic E-state index is 0.00544. The molecule has 10 heteroatoms. The molecule has 0 fully saturated rings. The summed E-state index contributed by atoms with van der Waals surface area (Å²) in [7, 11) is -4.25. The number of nitrogens with zero attached hydrogens (tertiary/aromatic N) is 2. The highest BCUT2D eigenvalue weighted by Gasteiger charge is 2.21. The third-order valence-corrected chi connectivity index (χ3v) is 3.87. The summed E-state index contributed by atoms with van der Waals surface area (Å²) < 4.78 is 44.3. The van der Waals surface area contributed by atoms with Crippen LogP contribution in [0.2, 0.25) is 0 Å². The molecule has 0 bridgehead atoms. The number of carboxylic acid groups (broad SMARTS) is 1. The Bertz CT molecular complexity index is 787. The highest BCUT2D eigenvalue weighted by atomic mass is 32.2. The van der Waals surface area contributed by atoms with Gasteiger partial charge in [-0.1, -0.05) is 5.16 Å². The van der Waals surface area contributed by atoms with Crippen LogP contribution in [0.5, 0.6) is 0 Å². The topological polar surface area (TPSA) is 122 Å². The molecule has 0 spiro atoms. The Morgan fingerprint density at radius 2 is 2.19 bits per heavy atom. The molecule has 0 saturated heterocycles. The van der Waals surface area contributed by atoms with Gasteiger partial charge in [0.1, 0.15) is 10.7 Å². The molecule has 2 N–H and O–H groups in total. The molecule has 21 heavy (non-hydrogen) atoms. The van der Waals surface area contributed by atoms with Gasteiger partial charge >= 0.3 is 5.97 Å². The number of aromatic nitrogens is 2. The van der Waals surface area contributed by atoms with Gasteiger partial charge in [0.25, 0.3) is 0 Å². The fourth-order valence-corrected chi connectivity index (χ4v) is 2.56. The standard InChI is InChI=1S/C11H10FN3O5S/c1-6-14-10(20-15-6)5-13-21(18,19)9-4-7(11(16)17)2-3-8(9)12/h2-4,13H,5H2,1H3,(H,16,17). The molecular weight excluding hydrogens is 305 g/mol. The minimum Gasteiger partial charge on any atom is -0.478 e. The molecule has 0 saturated carbocycles. The smallest absolute Gasteiger partial charge is 0.335 e. The van der Waals surface area contributed by atoms with E-state index < -0.39 is 26.7 Å². The zero-order valence-electron chi connectivity index (χ0n) is 10.7. The van der Waals surface area contributed by atoms with Crippen LogP contribution in [0.15, 0.2) is 27.6 Å². The lowest BCUT2D eigenvalue weighted by molar-refractivity contribution is 0.0696. The minimum atomic E-state index is -4.25. The summed E-state index contributed by atoms with van der Waals surface area (Å²) in [6.07, 6.45) is 0. The van der Waals surface area contributed by atoms with Gasteiger partial charge in [-0.3, -0.25) is 0 Å². The van der Waals surface area contributed by atoms with Crippen LogP contribution in [0.25, 0.3) is 0 Å². The number of sulfonamides is 1. The highest BCUT2D eigenvalue weighted by Crippen LogP contribution is 2.16. The average Bonchev–Trinajstić information content (AvgIpc) is 2.82. The monoisotopic (exact) mass is 315 g/mol. The molecule has 0 unspecified atom stereocenters. The van der Waals surface area contributed by atoms with Crippen LogP contribution in [0, 0.1) is 12.7 Å². The fourth-order valence-electron chi connectivity index (χ4n) is 1.49. The number of hydrogen-bond donors (Lipinski definition) is 2. The summed E-state index contributed by atoms with van der Waals surface area (Å²) in [5.41, 5.74) is -0.342. The molecule has 1 aromatic carbocycles. The quantitative estimate of drug-likeness (QED) is 0.832. The number of aromatic carboxylic acids is 1. The molecule has 112 valence electrons.